The summed E-state index contributed by atoms with van der Waals surface area (Å²) >= 11 is 0. The van der Waals surface area contributed by atoms with Crippen LogP contribution in [0.2, 0.25) is 0 Å². The predicted octanol–water partition coefficient (Wildman–Crippen LogP) is 1.97. The normalized spacial score (nSPS) is 11.3. The molecule has 9 nitrogen and oxygen atoms in total. The number of nitriles is 1. The smallest absolute Gasteiger partial charge is 0.338 e. The summed E-state index contributed by atoms with van der Waals surface area (Å²) in [5.74, 6) is -1.13. The Bertz CT molecular complexity index is 1070. The molecule has 0 aliphatic carbocycles. The van der Waals surface area contributed by atoms with Crippen molar-refractivity contribution in [2.45, 2.75) is 11.8 Å². The molecule has 0 aliphatic heterocycles. The van der Waals surface area contributed by atoms with E-state index in [1.807, 2.05) is 0 Å². The van der Waals surface area contributed by atoms with Gasteiger partial charge in [-0.3, -0.25) is 4.79 Å². The van der Waals surface area contributed by atoms with Crippen LogP contribution in [0.15, 0.2) is 65.2 Å². The van der Waals surface area contributed by atoms with E-state index in [2.05, 4.69) is 10.6 Å². The first-order chi connectivity index (χ1) is 13.7. The minimum absolute atomic E-state index is 0.0977. The Balaban J connectivity index is 2.04. The van der Waals surface area contributed by atoms with Crippen molar-refractivity contribution in [3.8, 4) is 6.07 Å². The van der Waals surface area contributed by atoms with Crippen LogP contribution in [0.5, 0.6) is 0 Å². The lowest BCUT2D eigenvalue weighted by Gasteiger charge is -2.07. The summed E-state index contributed by atoms with van der Waals surface area (Å²) in [6, 6.07) is 13.3. The first kappa shape index (κ1) is 21.6. The van der Waals surface area contributed by atoms with E-state index >= 15 is 0 Å². The van der Waals surface area contributed by atoms with Crippen molar-refractivity contribution in [1.82, 2.24) is 0 Å². The van der Waals surface area contributed by atoms with E-state index in [1.165, 1.54) is 30.5 Å². The monoisotopic (exact) mass is 414 g/mol. The maximum Gasteiger partial charge on any atom is 0.338 e. The molecule has 0 radical (unpaired) electrons. The molecule has 29 heavy (non-hydrogen) atoms. The quantitative estimate of drug-likeness (QED) is 0.356. The fourth-order valence-corrected chi connectivity index (χ4v) is 2.66. The minimum Gasteiger partial charge on any atom is -0.462 e. The molecular weight excluding hydrogens is 396 g/mol. The summed E-state index contributed by atoms with van der Waals surface area (Å²) in [7, 11) is -3.84. The summed E-state index contributed by atoms with van der Waals surface area (Å²) in [6.45, 7) is 1.98. The SMILES string of the molecule is CCOC(=O)c1ccc(N/C=C(/C#N)C(=O)Nc2ccc(S(N)(=O)=O)cc2)cc1. The van der Waals surface area contributed by atoms with Crippen molar-refractivity contribution < 1.29 is 22.7 Å². The number of ether oxygens (including phenoxy) is 1. The van der Waals surface area contributed by atoms with Crippen molar-refractivity contribution in [2.75, 3.05) is 17.2 Å². The van der Waals surface area contributed by atoms with Crippen molar-refractivity contribution >= 4 is 33.3 Å². The number of rotatable bonds is 7. The Labute approximate surface area is 167 Å². The summed E-state index contributed by atoms with van der Waals surface area (Å²) in [5, 5.41) is 19.5. The molecule has 0 saturated carbocycles. The fraction of sp³-hybridized carbons (Fsp3) is 0.105. The Hall–Kier alpha value is -3.68. The van der Waals surface area contributed by atoms with Gasteiger partial charge in [0.05, 0.1) is 17.1 Å². The third-order valence-electron chi connectivity index (χ3n) is 3.59. The minimum atomic E-state index is -3.84. The van der Waals surface area contributed by atoms with Crippen molar-refractivity contribution in [2.24, 2.45) is 5.14 Å². The molecule has 0 bridgehead atoms. The molecule has 4 N–H and O–H groups in total. The number of nitrogens with one attached hydrogen (secondary N) is 2. The second-order valence-electron chi connectivity index (χ2n) is 5.64. The molecular formula is C19H18N4O5S. The summed E-state index contributed by atoms with van der Waals surface area (Å²) in [4.78, 5) is 23.7. The molecule has 2 aromatic rings. The number of nitrogens with zero attached hydrogens (tertiary/aromatic N) is 1. The molecule has 0 heterocycles. The van der Waals surface area contributed by atoms with Gasteiger partial charge in [-0.15, -0.1) is 0 Å². The molecule has 0 fully saturated rings. The zero-order valence-corrected chi connectivity index (χ0v) is 16.2. The van der Waals surface area contributed by atoms with Gasteiger partial charge in [0.25, 0.3) is 5.91 Å². The van der Waals surface area contributed by atoms with Gasteiger partial charge >= 0.3 is 5.97 Å². The number of primary sulfonamides is 1. The molecule has 0 spiro atoms. The molecule has 2 rings (SSSR count). The van der Waals surface area contributed by atoms with Gasteiger partial charge in [0.15, 0.2) is 0 Å². The largest absolute Gasteiger partial charge is 0.462 e. The average molecular weight is 414 g/mol. The lowest BCUT2D eigenvalue weighted by atomic mass is 10.2. The molecule has 0 unspecified atom stereocenters. The third kappa shape index (κ3) is 6.17. The Morgan fingerprint density at radius 2 is 1.69 bits per heavy atom. The van der Waals surface area contributed by atoms with E-state index < -0.39 is 21.9 Å². The number of nitrogens with two attached hydrogens (primary N) is 1. The van der Waals surface area contributed by atoms with E-state index in [1.54, 1.807) is 37.3 Å². The number of benzene rings is 2. The number of carbonyl (C=O) groups is 2. The van der Waals surface area contributed by atoms with E-state index in [0.717, 1.165) is 0 Å². The van der Waals surface area contributed by atoms with Crippen molar-refractivity contribution in [1.29, 1.82) is 5.26 Å². The number of sulfonamides is 1. The Morgan fingerprint density at radius 1 is 1.10 bits per heavy atom. The fourth-order valence-electron chi connectivity index (χ4n) is 2.15. The Kier molecular flexibility index (Phi) is 7.08. The van der Waals surface area contributed by atoms with Gasteiger partial charge in [-0.2, -0.15) is 5.26 Å². The second-order valence-corrected chi connectivity index (χ2v) is 7.20. The van der Waals surface area contributed by atoms with Gasteiger partial charge in [0, 0.05) is 17.6 Å². The van der Waals surface area contributed by atoms with Crippen LogP contribution in [-0.4, -0.2) is 26.9 Å². The van der Waals surface area contributed by atoms with Crippen LogP contribution in [0, 0.1) is 11.3 Å². The van der Waals surface area contributed by atoms with Crippen LogP contribution < -0.4 is 15.8 Å². The third-order valence-corrected chi connectivity index (χ3v) is 4.51. The Morgan fingerprint density at radius 3 is 2.21 bits per heavy atom. The highest BCUT2D eigenvalue weighted by Crippen LogP contribution is 2.14. The molecule has 0 aromatic heterocycles. The maximum absolute atomic E-state index is 12.2. The van der Waals surface area contributed by atoms with E-state index in [4.69, 9.17) is 9.88 Å². The summed E-state index contributed by atoms with van der Waals surface area (Å²) in [6.07, 6.45) is 1.22. The number of amides is 1. The van der Waals surface area contributed by atoms with Crippen LogP contribution in [0.3, 0.4) is 0 Å². The number of anilines is 2. The summed E-state index contributed by atoms with van der Waals surface area (Å²) in [5.41, 5.74) is 1.01. The number of hydrogen-bond acceptors (Lipinski definition) is 7. The van der Waals surface area contributed by atoms with Crippen LogP contribution >= 0.6 is 0 Å². The number of carbonyl (C=O) groups excluding carboxylic acids is 2. The van der Waals surface area contributed by atoms with Crippen LogP contribution in [-0.2, 0) is 19.6 Å². The zero-order valence-electron chi connectivity index (χ0n) is 15.4. The average Bonchev–Trinajstić information content (AvgIpc) is 2.69. The van der Waals surface area contributed by atoms with Crippen LogP contribution in [0.25, 0.3) is 0 Å². The second kappa shape index (κ2) is 9.50. The first-order valence-corrected chi connectivity index (χ1v) is 9.87. The molecule has 10 heteroatoms. The number of esters is 1. The lowest BCUT2D eigenvalue weighted by Crippen LogP contribution is -2.15. The standard InChI is InChI=1S/C19H18N4O5S/c1-2-28-19(25)13-3-5-15(6-4-13)22-12-14(11-20)18(24)23-16-7-9-17(10-8-16)29(21,26)27/h3-10,12,22H,2H2,1H3,(H,23,24)(H2,21,26,27)/b14-12-. The van der Waals surface area contributed by atoms with Crippen LogP contribution in [0.4, 0.5) is 11.4 Å². The van der Waals surface area contributed by atoms with Gasteiger partial charge in [-0.25, -0.2) is 18.4 Å². The van der Waals surface area contributed by atoms with Crippen LogP contribution in [0.1, 0.15) is 17.3 Å². The highest BCUT2D eigenvalue weighted by molar-refractivity contribution is 7.89. The molecule has 1 amide bonds. The van der Waals surface area contributed by atoms with Gasteiger partial charge in [0.2, 0.25) is 10.0 Å². The van der Waals surface area contributed by atoms with Gasteiger partial charge < -0.3 is 15.4 Å². The van der Waals surface area contributed by atoms with Gasteiger partial charge in [0.1, 0.15) is 11.6 Å². The topological polar surface area (TPSA) is 151 Å². The van der Waals surface area contributed by atoms with Gasteiger partial charge in [-0.05, 0) is 55.5 Å². The summed E-state index contributed by atoms with van der Waals surface area (Å²) < 4.78 is 27.4. The van der Waals surface area contributed by atoms with E-state index in [9.17, 15) is 23.3 Å². The van der Waals surface area contributed by atoms with Crippen molar-refractivity contribution in [3.63, 3.8) is 0 Å². The number of hydrogen-bond donors (Lipinski definition) is 3. The van der Waals surface area contributed by atoms with Gasteiger partial charge in [-0.1, -0.05) is 0 Å². The first-order valence-electron chi connectivity index (χ1n) is 8.33. The molecule has 0 atom stereocenters. The molecule has 150 valence electrons. The van der Waals surface area contributed by atoms with E-state index in [-0.39, 0.29) is 17.1 Å². The zero-order chi connectivity index (χ0) is 21.4. The molecule has 0 aliphatic rings. The van der Waals surface area contributed by atoms with E-state index in [0.29, 0.717) is 16.9 Å². The predicted molar refractivity (Wildman–Crippen MR) is 106 cm³/mol. The van der Waals surface area contributed by atoms with Crippen molar-refractivity contribution in [3.05, 3.63) is 65.9 Å². The molecule has 0 saturated heterocycles. The maximum atomic E-state index is 12.2. The highest BCUT2D eigenvalue weighted by atomic mass is 32.2. The highest BCUT2D eigenvalue weighted by Gasteiger charge is 2.11. The lowest BCUT2D eigenvalue weighted by molar-refractivity contribution is -0.112. The molecule has 2 aromatic carbocycles.